The Labute approximate surface area is 83.0 Å². The lowest BCUT2D eigenvalue weighted by Gasteiger charge is -2.04. The van der Waals surface area contributed by atoms with Crippen molar-refractivity contribution in [1.82, 2.24) is 0 Å². The molecule has 0 aliphatic rings. The average Bonchev–Trinajstić information content (AvgIpc) is 2.10. The first-order valence-electron chi connectivity index (χ1n) is 4.22. The predicted molar refractivity (Wildman–Crippen MR) is 54.9 cm³/mol. The van der Waals surface area contributed by atoms with Crippen LogP contribution < -0.4 is 4.74 Å². The Balaban J connectivity index is 2.84. The van der Waals surface area contributed by atoms with Crippen molar-refractivity contribution in [1.29, 1.82) is 5.41 Å². The van der Waals surface area contributed by atoms with E-state index < -0.39 is 0 Å². The third-order valence-corrected chi connectivity index (χ3v) is 2.02. The van der Waals surface area contributed by atoms with Gasteiger partial charge in [-0.3, -0.25) is 5.41 Å². The van der Waals surface area contributed by atoms with E-state index in [4.69, 9.17) is 21.7 Å². The van der Waals surface area contributed by atoms with E-state index in [1.807, 2.05) is 12.1 Å². The van der Waals surface area contributed by atoms with Crippen LogP contribution in [0.15, 0.2) is 18.2 Å². The van der Waals surface area contributed by atoms with Gasteiger partial charge in [0.05, 0.1) is 5.02 Å². The summed E-state index contributed by atoms with van der Waals surface area (Å²) in [6.07, 6.45) is 2.99. The van der Waals surface area contributed by atoms with Crippen molar-refractivity contribution in [3.8, 4) is 5.75 Å². The first-order valence-corrected chi connectivity index (χ1v) is 4.59. The highest BCUT2D eigenvalue weighted by molar-refractivity contribution is 6.32. The van der Waals surface area contributed by atoms with E-state index in [-0.39, 0.29) is 0 Å². The van der Waals surface area contributed by atoms with Gasteiger partial charge in [0, 0.05) is 0 Å². The van der Waals surface area contributed by atoms with Gasteiger partial charge in [0.1, 0.15) is 5.75 Å². The molecular formula is C10H12ClNO. The lowest BCUT2D eigenvalue weighted by atomic mass is 10.1. The Morgan fingerprint density at radius 2 is 2.31 bits per heavy atom. The highest BCUT2D eigenvalue weighted by Crippen LogP contribution is 2.25. The Morgan fingerprint density at radius 1 is 1.54 bits per heavy atom. The highest BCUT2D eigenvalue weighted by Gasteiger charge is 2.01. The number of benzene rings is 1. The molecule has 0 aliphatic carbocycles. The van der Waals surface area contributed by atoms with Crippen LogP contribution in [0.2, 0.25) is 5.02 Å². The second kappa shape index (κ2) is 4.87. The minimum absolute atomic E-state index is 0.538. The topological polar surface area (TPSA) is 33.1 Å². The van der Waals surface area contributed by atoms with Gasteiger partial charge in [0.2, 0.25) is 0 Å². The van der Waals surface area contributed by atoms with Crippen molar-refractivity contribution in [3.05, 3.63) is 28.8 Å². The molecular weight excluding hydrogens is 186 g/mol. The van der Waals surface area contributed by atoms with E-state index in [1.54, 1.807) is 6.07 Å². The summed E-state index contributed by atoms with van der Waals surface area (Å²) < 4.78 is 4.88. The quantitative estimate of drug-likeness (QED) is 0.583. The molecule has 1 aromatic rings. The number of rotatable bonds is 4. The van der Waals surface area contributed by atoms with Crippen molar-refractivity contribution < 1.29 is 4.74 Å². The zero-order chi connectivity index (χ0) is 9.68. The molecule has 3 heteroatoms. The van der Waals surface area contributed by atoms with Crippen molar-refractivity contribution in [2.75, 3.05) is 0 Å². The molecule has 0 saturated carbocycles. The van der Waals surface area contributed by atoms with Crippen LogP contribution >= 0.6 is 11.6 Å². The average molecular weight is 198 g/mol. The zero-order valence-corrected chi connectivity index (χ0v) is 8.27. The smallest absolute Gasteiger partial charge is 0.173 e. The normalized spacial score (nSPS) is 9.69. The number of nitrogens with one attached hydrogen (secondary N) is 1. The molecule has 0 atom stereocenters. The summed E-state index contributed by atoms with van der Waals surface area (Å²) in [4.78, 5) is 0. The summed E-state index contributed by atoms with van der Waals surface area (Å²) in [5.74, 6) is 0.538. The van der Waals surface area contributed by atoms with E-state index >= 15 is 0 Å². The Bertz CT molecular complexity index is 299. The maximum Gasteiger partial charge on any atom is 0.173 e. The molecule has 0 heterocycles. The second-order valence-electron chi connectivity index (χ2n) is 2.75. The molecule has 1 aromatic carbocycles. The molecule has 0 unspecified atom stereocenters. The molecule has 0 saturated heterocycles. The molecule has 13 heavy (non-hydrogen) atoms. The maximum absolute atomic E-state index is 6.77. The molecule has 0 fully saturated rings. The van der Waals surface area contributed by atoms with Gasteiger partial charge in [-0.15, -0.1) is 0 Å². The van der Waals surface area contributed by atoms with Gasteiger partial charge in [0.15, 0.2) is 6.40 Å². The number of aryl methyl sites for hydroxylation is 1. The molecule has 0 aliphatic heterocycles. The lowest BCUT2D eigenvalue weighted by molar-refractivity contribution is 0.570. The molecule has 70 valence electrons. The van der Waals surface area contributed by atoms with E-state index in [2.05, 4.69) is 6.92 Å². The van der Waals surface area contributed by atoms with Gasteiger partial charge in [-0.25, -0.2) is 0 Å². The summed E-state index contributed by atoms with van der Waals surface area (Å²) in [6, 6.07) is 5.64. The number of halogens is 1. The zero-order valence-electron chi connectivity index (χ0n) is 7.51. The molecule has 0 bridgehead atoms. The molecule has 0 spiro atoms. The minimum atomic E-state index is 0.538. The maximum atomic E-state index is 6.77. The van der Waals surface area contributed by atoms with E-state index in [0.29, 0.717) is 10.8 Å². The van der Waals surface area contributed by atoms with Crippen molar-refractivity contribution >= 4 is 18.0 Å². The van der Waals surface area contributed by atoms with Crippen molar-refractivity contribution in [2.45, 2.75) is 19.8 Å². The van der Waals surface area contributed by atoms with Crippen LogP contribution in [0.4, 0.5) is 0 Å². The van der Waals surface area contributed by atoms with Gasteiger partial charge >= 0.3 is 0 Å². The van der Waals surface area contributed by atoms with Crippen LogP contribution in [-0.4, -0.2) is 6.40 Å². The van der Waals surface area contributed by atoms with Crippen LogP contribution in [0.5, 0.6) is 5.75 Å². The number of hydrogen-bond donors (Lipinski definition) is 1. The SMILES string of the molecule is CCCc1ccc(OC=N)c(Cl)c1. The lowest BCUT2D eigenvalue weighted by Crippen LogP contribution is -1.90. The molecule has 0 amide bonds. The van der Waals surface area contributed by atoms with Crippen molar-refractivity contribution in [3.63, 3.8) is 0 Å². The Hall–Kier alpha value is -1.02. The predicted octanol–water partition coefficient (Wildman–Crippen LogP) is 3.28. The van der Waals surface area contributed by atoms with E-state index in [9.17, 15) is 0 Å². The molecule has 0 radical (unpaired) electrons. The first kappa shape index (κ1) is 10.1. The molecule has 2 nitrogen and oxygen atoms in total. The summed E-state index contributed by atoms with van der Waals surface area (Å²) in [6.45, 7) is 2.12. The van der Waals surface area contributed by atoms with Crippen LogP contribution in [0.1, 0.15) is 18.9 Å². The van der Waals surface area contributed by atoms with Gasteiger partial charge < -0.3 is 4.74 Å². The molecule has 1 N–H and O–H groups in total. The van der Waals surface area contributed by atoms with Gasteiger partial charge in [-0.1, -0.05) is 31.0 Å². The number of hydrogen-bond acceptors (Lipinski definition) is 2. The molecule has 1 rings (SSSR count). The van der Waals surface area contributed by atoms with Crippen LogP contribution in [0.25, 0.3) is 0 Å². The fourth-order valence-corrected chi connectivity index (χ4v) is 1.40. The first-order chi connectivity index (χ1) is 6.27. The fraction of sp³-hybridized carbons (Fsp3) is 0.300. The van der Waals surface area contributed by atoms with Gasteiger partial charge in [-0.2, -0.15) is 0 Å². The summed E-state index contributed by atoms with van der Waals surface area (Å²) in [5.41, 5.74) is 1.20. The van der Waals surface area contributed by atoms with E-state index in [1.165, 1.54) is 5.56 Å². The standard InChI is InChI=1S/C10H12ClNO/c1-2-3-8-4-5-10(13-7-12)9(11)6-8/h4-7,12H,2-3H2,1H3. The third kappa shape index (κ3) is 2.74. The highest BCUT2D eigenvalue weighted by atomic mass is 35.5. The second-order valence-corrected chi connectivity index (χ2v) is 3.16. The minimum Gasteiger partial charge on any atom is -0.445 e. The van der Waals surface area contributed by atoms with Crippen LogP contribution in [0, 0.1) is 5.41 Å². The fourth-order valence-electron chi connectivity index (χ4n) is 1.15. The van der Waals surface area contributed by atoms with Crippen LogP contribution in [-0.2, 0) is 6.42 Å². The molecule has 0 aromatic heterocycles. The largest absolute Gasteiger partial charge is 0.445 e. The summed E-state index contributed by atoms with van der Waals surface area (Å²) in [7, 11) is 0. The van der Waals surface area contributed by atoms with Crippen LogP contribution in [0.3, 0.4) is 0 Å². The van der Waals surface area contributed by atoms with Crippen molar-refractivity contribution in [2.24, 2.45) is 0 Å². The van der Waals surface area contributed by atoms with Gasteiger partial charge in [0.25, 0.3) is 0 Å². The summed E-state index contributed by atoms with van der Waals surface area (Å²) in [5, 5.41) is 7.33. The Morgan fingerprint density at radius 3 is 2.85 bits per heavy atom. The third-order valence-electron chi connectivity index (χ3n) is 1.72. The van der Waals surface area contributed by atoms with Gasteiger partial charge in [-0.05, 0) is 24.1 Å². The Kier molecular flexibility index (Phi) is 3.77. The van der Waals surface area contributed by atoms with E-state index in [0.717, 1.165) is 19.2 Å². The monoisotopic (exact) mass is 197 g/mol. The number of ether oxygens (including phenoxy) is 1. The summed E-state index contributed by atoms with van der Waals surface area (Å²) >= 11 is 5.92.